The fraction of sp³-hybridized carbons (Fsp3) is 0.562. The Labute approximate surface area is 243 Å². The number of benzene rings is 2. The fourth-order valence-corrected chi connectivity index (χ4v) is 6.91. The molecule has 0 fully saturated rings. The van der Waals surface area contributed by atoms with Crippen molar-refractivity contribution in [2.75, 3.05) is 37.7 Å². The maximum Gasteiger partial charge on any atom is 0.390 e. The van der Waals surface area contributed by atoms with Crippen LogP contribution in [0.5, 0.6) is 5.75 Å². The van der Waals surface area contributed by atoms with Crippen molar-refractivity contribution in [1.82, 2.24) is 4.90 Å². The number of aryl methyl sites for hydroxylation is 1. The SMILES string of the molecule is O=S(=O)(CCCN(CCCO)CCCCCCC1=C(c2ccccc2)CCCc2cc(O)ccc21)CCC(F)(F)F. The van der Waals surface area contributed by atoms with Crippen LogP contribution in [0.1, 0.15) is 80.9 Å². The van der Waals surface area contributed by atoms with Crippen LogP contribution < -0.4 is 0 Å². The molecule has 0 unspecified atom stereocenters. The van der Waals surface area contributed by atoms with E-state index >= 15 is 0 Å². The molecular weight excluding hydrogens is 551 g/mol. The third kappa shape index (κ3) is 11.8. The average Bonchev–Trinajstić information content (AvgIpc) is 3.11. The zero-order valence-electron chi connectivity index (χ0n) is 23.8. The molecule has 2 aromatic rings. The minimum Gasteiger partial charge on any atom is -0.508 e. The topological polar surface area (TPSA) is 77.8 Å². The Bertz CT molecular complexity index is 1210. The predicted molar refractivity (Wildman–Crippen MR) is 159 cm³/mol. The number of aliphatic hydroxyl groups excluding tert-OH is 1. The molecule has 0 bridgehead atoms. The first-order valence-corrected chi connectivity index (χ1v) is 16.6. The lowest BCUT2D eigenvalue weighted by Gasteiger charge is -2.22. The van der Waals surface area contributed by atoms with Gasteiger partial charge in [-0.05, 0) is 104 Å². The predicted octanol–water partition coefficient (Wildman–Crippen LogP) is 7.03. The lowest BCUT2D eigenvalue weighted by molar-refractivity contribution is -0.129. The Kier molecular flexibility index (Phi) is 13.2. The summed E-state index contributed by atoms with van der Waals surface area (Å²) in [5.74, 6) is -0.811. The molecule has 0 radical (unpaired) electrons. The highest BCUT2D eigenvalue weighted by molar-refractivity contribution is 7.91. The van der Waals surface area contributed by atoms with Gasteiger partial charge in [0, 0.05) is 13.2 Å². The summed E-state index contributed by atoms with van der Waals surface area (Å²) in [6.45, 7) is 1.93. The summed E-state index contributed by atoms with van der Waals surface area (Å²) in [5, 5.41) is 19.3. The van der Waals surface area contributed by atoms with E-state index in [-0.39, 0.29) is 18.8 Å². The largest absolute Gasteiger partial charge is 0.508 e. The van der Waals surface area contributed by atoms with Crippen molar-refractivity contribution in [2.45, 2.75) is 76.8 Å². The summed E-state index contributed by atoms with van der Waals surface area (Å²) in [5.41, 5.74) is 6.43. The third-order valence-electron chi connectivity index (χ3n) is 7.68. The molecule has 1 aliphatic rings. The van der Waals surface area contributed by atoms with Gasteiger partial charge in [0.15, 0.2) is 9.84 Å². The van der Waals surface area contributed by atoms with Gasteiger partial charge < -0.3 is 15.1 Å². The normalized spacial score (nSPS) is 14.4. The van der Waals surface area contributed by atoms with Crippen LogP contribution in [-0.2, 0) is 16.3 Å². The summed E-state index contributed by atoms with van der Waals surface area (Å²) in [7, 11) is -3.74. The molecule has 0 aliphatic heterocycles. The van der Waals surface area contributed by atoms with Gasteiger partial charge in [-0.25, -0.2) is 8.42 Å². The summed E-state index contributed by atoms with van der Waals surface area (Å²) in [6, 6.07) is 16.2. The molecular formula is C32H44F3NO4S. The molecule has 41 heavy (non-hydrogen) atoms. The maximum atomic E-state index is 12.4. The van der Waals surface area contributed by atoms with Gasteiger partial charge in [-0.3, -0.25) is 0 Å². The van der Waals surface area contributed by atoms with Crippen LogP contribution in [0.2, 0.25) is 0 Å². The highest BCUT2D eigenvalue weighted by atomic mass is 32.2. The van der Waals surface area contributed by atoms with Gasteiger partial charge >= 0.3 is 6.18 Å². The van der Waals surface area contributed by atoms with Gasteiger partial charge in [0.1, 0.15) is 5.75 Å². The van der Waals surface area contributed by atoms with Crippen molar-refractivity contribution in [3.63, 3.8) is 0 Å². The Morgan fingerprint density at radius 2 is 1.54 bits per heavy atom. The number of alkyl halides is 3. The van der Waals surface area contributed by atoms with E-state index in [1.54, 1.807) is 6.07 Å². The molecule has 0 atom stereocenters. The second-order valence-electron chi connectivity index (χ2n) is 11.0. The van der Waals surface area contributed by atoms with E-state index in [4.69, 9.17) is 0 Å². The van der Waals surface area contributed by atoms with Crippen LogP contribution in [0, 0.1) is 0 Å². The number of unbranched alkanes of at least 4 members (excludes halogenated alkanes) is 3. The summed E-state index contributed by atoms with van der Waals surface area (Å²) < 4.78 is 61.2. The Morgan fingerprint density at radius 3 is 2.27 bits per heavy atom. The van der Waals surface area contributed by atoms with Crippen molar-refractivity contribution in [1.29, 1.82) is 0 Å². The molecule has 0 heterocycles. The zero-order valence-corrected chi connectivity index (χ0v) is 24.7. The Balaban J connectivity index is 1.51. The van der Waals surface area contributed by atoms with E-state index in [2.05, 4.69) is 35.2 Å². The number of fused-ring (bicyclic) bond motifs is 1. The molecule has 0 amide bonds. The van der Waals surface area contributed by atoms with E-state index in [0.29, 0.717) is 25.3 Å². The van der Waals surface area contributed by atoms with Crippen LogP contribution in [0.15, 0.2) is 48.5 Å². The number of aliphatic hydroxyl groups is 1. The monoisotopic (exact) mass is 595 g/mol. The van der Waals surface area contributed by atoms with E-state index in [0.717, 1.165) is 57.9 Å². The number of sulfone groups is 1. The summed E-state index contributed by atoms with van der Waals surface area (Å²) in [4.78, 5) is 2.11. The van der Waals surface area contributed by atoms with Crippen molar-refractivity contribution in [2.24, 2.45) is 0 Å². The fourth-order valence-electron chi connectivity index (χ4n) is 5.60. The lowest BCUT2D eigenvalue weighted by Crippen LogP contribution is -2.29. The van der Waals surface area contributed by atoms with Gasteiger partial charge in [0.2, 0.25) is 0 Å². The second-order valence-corrected chi connectivity index (χ2v) is 13.3. The number of phenols is 1. The molecule has 2 N–H and O–H groups in total. The van der Waals surface area contributed by atoms with Crippen LogP contribution in [-0.4, -0.2) is 67.5 Å². The van der Waals surface area contributed by atoms with Crippen LogP contribution in [0.25, 0.3) is 11.1 Å². The molecule has 0 aromatic heterocycles. The quantitative estimate of drug-likeness (QED) is 0.192. The second kappa shape index (κ2) is 16.3. The van der Waals surface area contributed by atoms with E-state index in [9.17, 15) is 31.8 Å². The number of rotatable bonds is 17. The van der Waals surface area contributed by atoms with Gasteiger partial charge in [-0.1, -0.05) is 49.2 Å². The number of hydrogen-bond acceptors (Lipinski definition) is 5. The molecule has 9 heteroatoms. The van der Waals surface area contributed by atoms with Crippen LogP contribution in [0.4, 0.5) is 13.2 Å². The van der Waals surface area contributed by atoms with Crippen LogP contribution >= 0.6 is 0 Å². The Morgan fingerprint density at radius 1 is 0.829 bits per heavy atom. The van der Waals surface area contributed by atoms with E-state index in [1.165, 1.54) is 27.8 Å². The first kappa shape index (κ1) is 33.1. The van der Waals surface area contributed by atoms with Crippen molar-refractivity contribution >= 4 is 21.0 Å². The maximum absolute atomic E-state index is 12.4. The van der Waals surface area contributed by atoms with Crippen molar-refractivity contribution in [3.05, 3.63) is 65.2 Å². The average molecular weight is 596 g/mol. The molecule has 0 saturated carbocycles. The minimum absolute atomic E-state index is 0.0402. The minimum atomic E-state index is -4.47. The third-order valence-corrected chi connectivity index (χ3v) is 9.42. The molecule has 2 aromatic carbocycles. The number of aromatic hydroxyl groups is 1. The lowest BCUT2D eigenvalue weighted by atomic mass is 9.89. The van der Waals surface area contributed by atoms with Crippen LogP contribution in [0.3, 0.4) is 0 Å². The molecule has 5 nitrogen and oxygen atoms in total. The van der Waals surface area contributed by atoms with Gasteiger partial charge in [-0.2, -0.15) is 13.2 Å². The van der Waals surface area contributed by atoms with Gasteiger partial charge in [-0.15, -0.1) is 0 Å². The van der Waals surface area contributed by atoms with E-state index in [1.807, 2.05) is 12.1 Å². The molecule has 1 aliphatic carbocycles. The Hall–Kier alpha value is -2.36. The number of halogens is 3. The van der Waals surface area contributed by atoms with Crippen molar-refractivity contribution in [3.8, 4) is 5.75 Å². The number of hydrogen-bond donors (Lipinski definition) is 2. The molecule has 3 rings (SSSR count). The number of allylic oxidation sites excluding steroid dienone is 2. The molecule has 0 spiro atoms. The van der Waals surface area contributed by atoms with Crippen molar-refractivity contribution < 1.29 is 31.8 Å². The number of phenolic OH excluding ortho intramolecular Hbond substituents is 1. The van der Waals surface area contributed by atoms with E-state index < -0.39 is 28.2 Å². The standard InChI is InChI=1S/C32H44F3NO4S/c33-32(34,35)18-24-41(39,40)23-10-21-36(20-9-22-37)19-7-2-1-6-14-31-29(26-11-4-3-5-12-26)15-8-13-27-25-28(38)16-17-30(27)31/h3-5,11-12,16-17,25,37-38H,1-2,6-10,13-15,18-24H2. The highest BCUT2D eigenvalue weighted by Crippen LogP contribution is 2.39. The first-order valence-electron chi connectivity index (χ1n) is 14.8. The highest BCUT2D eigenvalue weighted by Gasteiger charge is 2.29. The summed E-state index contributed by atoms with van der Waals surface area (Å²) in [6.07, 6.45) is 3.03. The summed E-state index contributed by atoms with van der Waals surface area (Å²) >= 11 is 0. The first-order chi connectivity index (χ1) is 19.6. The molecule has 0 saturated heterocycles. The van der Waals surface area contributed by atoms with Gasteiger partial charge in [0.05, 0.1) is 17.9 Å². The molecule has 228 valence electrons. The van der Waals surface area contributed by atoms with Gasteiger partial charge in [0.25, 0.3) is 0 Å². The smallest absolute Gasteiger partial charge is 0.390 e. The zero-order chi connectivity index (χ0) is 29.7. The number of nitrogens with zero attached hydrogens (tertiary/aromatic N) is 1.